The first-order valence-corrected chi connectivity index (χ1v) is 6.29. The summed E-state index contributed by atoms with van der Waals surface area (Å²) in [5, 5.41) is 11.5. The van der Waals surface area contributed by atoms with Crippen molar-refractivity contribution in [1.82, 2.24) is 5.32 Å². The summed E-state index contributed by atoms with van der Waals surface area (Å²) in [4.78, 5) is 22.6. The Labute approximate surface area is 113 Å². The zero-order valence-electron chi connectivity index (χ0n) is 11.3. The second kappa shape index (κ2) is 7.32. The molecule has 0 aliphatic rings. The molecule has 4 nitrogen and oxygen atoms in total. The Balaban J connectivity index is 2.40. The van der Waals surface area contributed by atoms with Crippen LogP contribution in [0.5, 0.6) is 0 Å². The van der Waals surface area contributed by atoms with Crippen LogP contribution < -0.4 is 5.32 Å². The highest BCUT2D eigenvalue weighted by molar-refractivity contribution is 5.80. The monoisotopic (exact) mass is 258 g/mol. The summed E-state index contributed by atoms with van der Waals surface area (Å²) < 4.78 is 0. The van der Waals surface area contributed by atoms with Crippen LogP contribution in [-0.4, -0.2) is 11.7 Å². The lowest BCUT2D eigenvalue weighted by Crippen LogP contribution is -2.28. The van der Waals surface area contributed by atoms with E-state index < -0.39 is 0 Å². The number of carbonyl (C=O) groups is 2. The van der Waals surface area contributed by atoms with Crippen LogP contribution in [0.15, 0.2) is 24.3 Å². The number of benzene rings is 1. The van der Waals surface area contributed by atoms with Gasteiger partial charge in [-0.2, -0.15) is 5.26 Å². The summed E-state index contributed by atoms with van der Waals surface area (Å²) in [5.41, 5.74) is 1.55. The van der Waals surface area contributed by atoms with E-state index >= 15 is 0 Å². The van der Waals surface area contributed by atoms with Crippen LogP contribution in [0.25, 0.3) is 0 Å². The van der Waals surface area contributed by atoms with E-state index in [-0.39, 0.29) is 17.6 Å². The van der Waals surface area contributed by atoms with Crippen LogP contribution in [0, 0.1) is 17.2 Å². The van der Waals surface area contributed by atoms with E-state index in [1.54, 1.807) is 12.1 Å². The predicted molar refractivity (Wildman–Crippen MR) is 72.1 cm³/mol. The van der Waals surface area contributed by atoms with E-state index in [9.17, 15) is 9.59 Å². The minimum Gasteiger partial charge on any atom is -0.352 e. The van der Waals surface area contributed by atoms with Crippen LogP contribution in [0.3, 0.4) is 0 Å². The summed E-state index contributed by atoms with van der Waals surface area (Å²) >= 11 is 0. The molecule has 0 fully saturated rings. The van der Waals surface area contributed by atoms with Gasteiger partial charge in [-0.3, -0.25) is 4.79 Å². The molecule has 1 N–H and O–H groups in total. The van der Waals surface area contributed by atoms with E-state index in [0.29, 0.717) is 24.9 Å². The van der Waals surface area contributed by atoms with Crippen molar-refractivity contribution in [3.63, 3.8) is 0 Å². The molecule has 0 radical (unpaired) electrons. The molecule has 0 heterocycles. The molecule has 4 heteroatoms. The number of amides is 1. The molecule has 1 aromatic carbocycles. The zero-order valence-corrected chi connectivity index (χ0v) is 11.3. The summed E-state index contributed by atoms with van der Waals surface area (Å²) in [6, 6.07) is 9.13. The fourth-order valence-electron chi connectivity index (χ4n) is 1.61. The first-order valence-electron chi connectivity index (χ1n) is 6.29. The number of hydrogen-bond acceptors (Lipinski definition) is 3. The van der Waals surface area contributed by atoms with E-state index in [1.807, 2.05) is 25.1 Å². The van der Waals surface area contributed by atoms with Crippen molar-refractivity contribution in [2.24, 2.45) is 5.92 Å². The Morgan fingerprint density at radius 1 is 1.32 bits per heavy atom. The lowest BCUT2D eigenvalue weighted by Gasteiger charge is -2.11. The molecule has 1 atom stereocenters. The van der Waals surface area contributed by atoms with Gasteiger partial charge in [0.25, 0.3) is 0 Å². The van der Waals surface area contributed by atoms with Gasteiger partial charge in [0.05, 0.1) is 11.6 Å². The standard InChI is InChI=1S/C15H18N2O2/c1-11(3-4-12(2)18)15(19)17-10-14-7-5-13(9-16)6-8-14/h5-8,11H,3-4,10H2,1-2H3,(H,17,19)/t11-/m0/s1. The Hall–Kier alpha value is -2.15. The SMILES string of the molecule is CC(=O)CC[C@H](C)C(=O)NCc1ccc(C#N)cc1. The van der Waals surface area contributed by atoms with Gasteiger partial charge in [-0.15, -0.1) is 0 Å². The van der Waals surface area contributed by atoms with E-state index in [2.05, 4.69) is 5.32 Å². The van der Waals surface area contributed by atoms with Crippen LogP contribution in [0.2, 0.25) is 0 Å². The van der Waals surface area contributed by atoms with E-state index in [0.717, 1.165) is 5.56 Å². The van der Waals surface area contributed by atoms with E-state index in [1.165, 1.54) is 6.92 Å². The molecule has 0 aromatic heterocycles. The van der Waals surface area contributed by atoms with Gasteiger partial charge in [0.15, 0.2) is 0 Å². The van der Waals surface area contributed by atoms with Crippen molar-refractivity contribution in [2.45, 2.75) is 33.2 Å². The smallest absolute Gasteiger partial charge is 0.223 e. The lowest BCUT2D eigenvalue weighted by atomic mass is 10.0. The number of ketones is 1. The molecule has 100 valence electrons. The lowest BCUT2D eigenvalue weighted by molar-refractivity contribution is -0.125. The number of nitrogens with zero attached hydrogens (tertiary/aromatic N) is 1. The van der Waals surface area contributed by atoms with Crippen LogP contribution in [-0.2, 0) is 16.1 Å². The fourth-order valence-corrected chi connectivity index (χ4v) is 1.61. The Morgan fingerprint density at radius 2 is 1.95 bits per heavy atom. The molecule has 0 unspecified atom stereocenters. The maximum atomic E-state index is 11.8. The van der Waals surface area contributed by atoms with Crippen LogP contribution in [0.1, 0.15) is 37.8 Å². The molecule has 0 aliphatic heterocycles. The normalized spacial score (nSPS) is 11.4. The molecular weight excluding hydrogens is 240 g/mol. The van der Waals surface area contributed by atoms with Crippen LogP contribution in [0.4, 0.5) is 0 Å². The zero-order chi connectivity index (χ0) is 14.3. The van der Waals surface area contributed by atoms with Gasteiger partial charge in [0, 0.05) is 18.9 Å². The van der Waals surface area contributed by atoms with Gasteiger partial charge in [-0.1, -0.05) is 19.1 Å². The van der Waals surface area contributed by atoms with Crippen molar-refractivity contribution in [2.75, 3.05) is 0 Å². The highest BCUT2D eigenvalue weighted by Crippen LogP contribution is 2.07. The quantitative estimate of drug-likeness (QED) is 0.850. The second-order valence-corrected chi connectivity index (χ2v) is 4.67. The molecule has 1 rings (SSSR count). The minimum atomic E-state index is -0.165. The summed E-state index contributed by atoms with van der Waals surface area (Å²) in [6.45, 7) is 3.79. The van der Waals surface area contributed by atoms with Crippen molar-refractivity contribution in [1.29, 1.82) is 5.26 Å². The van der Waals surface area contributed by atoms with Gasteiger partial charge < -0.3 is 10.1 Å². The molecule has 0 aliphatic carbocycles. The third-order valence-corrected chi connectivity index (χ3v) is 2.93. The molecule has 1 aromatic rings. The van der Waals surface area contributed by atoms with Crippen molar-refractivity contribution in [3.05, 3.63) is 35.4 Å². The van der Waals surface area contributed by atoms with Crippen molar-refractivity contribution >= 4 is 11.7 Å². The average molecular weight is 258 g/mol. The topological polar surface area (TPSA) is 70.0 Å². The maximum Gasteiger partial charge on any atom is 0.223 e. The molecule has 19 heavy (non-hydrogen) atoms. The summed E-state index contributed by atoms with van der Waals surface area (Å²) in [7, 11) is 0. The summed E-state index contributed by atoms with van der Waals surface area (Å²) in [5.74, 6) is -0.111. The number of carbonyl (C=O) groups excluding carboxylic acids is 2. The number of nitriles is 1. The average Bonchev–Trinajstić information content (AvgIpc) is 2.42. The molecule has 0 saturated heterocycles. The highest BCUT2D eigenvalue weighted by Gasteiger charge is 2.12. The largest absolute Gasteiger partial charge is 0.352 e. The molecule has 0 bridgehead atoms. The highest BCUT2D eigenvalue weighted by atomic mass is 16.2. The van der Waals surface area contributed by atoms with Crippen LogP contribution >= 0.6 is 0 Å². The number of hydrogen-bond donors (Lipinski definition) is 1. The molecule has 1 amide bonds. The Kier molecular flexibility index (Phi) is 5.74. The Bertz CT molecular complexity index is 486. The van der Waals surface area contributed by atoms with Gasteiger partial charge in [-0.25, -0.2) is 0 Å². The van der Waals surface area contributed by atoms with Crippen molar-refractivity contribution in [3.8, 4) is 6.07 Å². The third kappa shape index (κ3) is 5.35. The maximum absolute atomic E-state index is 11.8. The van der Waals surface area contributed by atoms with Crippen molar-refractivity contribution < 1.29 is 9.59 Å². The van der Waals surface area contributed by atoms with Gasteiger partial charge in [0.2, 0.25) is 5.91 Å². The first-order chi connectivity index (χ1) is 9.02. The van der Waals surface area contributed by atoms with Gasteiger partial charge in [0.1, 0.15) is 5.78 Å². The number of Topliss-reactive ketones (excluding diaryl/α,β-unsaturated/α-hetero) is 1. The third-order valence-electron chi connectivity index (χ3n) is 2.93. The Morgan fingerprint density at radius 3 is 2.47 bits per heavy atom. The molecule has 0 spiro atoms. The molecular formula is C15H18N2O2. The van der Waals surface area contributed by atoms with Gasteiger partial charge >= 0.3 is 0 Å². The summed E-state index contributed by atoms with van der Waals surface area (Å²) in [6.07, 6.45) is 1.01. The minimum absolute atomic E-state index is 0.0504. The van der Waals surface area contributed by atoms with E-state index in [4.69, 9.17) is 5.26 Å². The fraction of sp³-hybridized carbons (Fsp3) is 0.400. The first kappa shape index (κ1) is 14.9. The number of nitrogens with one attached hydrogen (secondary N) is 1. The predicted octanol–water partition coefficient (Wildman–Crippen LogP) is 2.18. The van der Waals surface area contributed by atoms with Gasteiger partial charge in [-0.05, 0) is 31.0 Å². The second-order valence-electron chi connectivity index (χ2n) is 4.67. The molecule has 0 saturated carbocycles. The number of rotatable bonds is 6.